The molecule has 2 aromatic rings. The zero-order valence-corrected chi connectivity index (χ0v) is 10.7. The maximum Gasteiger partial charge on any atom is 0.416 e. The third-order valence-electron chi connectivity index (χ3n) is 2.76. The molecule has 106 valence electrons. The third-order valence-corrected chi connectivity index (χ3v) is 2.98. The quantitative estimate of drug-likeness (QED) is 0.805. The van der Waals surface area contributed by atoms with Crippen molar-refractivity contribution >= 4 is 11.6 Å². The fraction of sp³-hybridized carbons (Fsp3) is 0.143. The largest absolute Gasteiger partial charge is 0.416 e. The van der Waals surface area contributed by atoms with Crippen molar-refractivity contribution < 1.29 is 22.7 Å². The van der Waals surface area contributed by atoms with Gasteiger partial charge in [0.2, 0.25) is 0 Å². The number of aliphatic hydroxyl groups excluding tert-OH is 1. The van der Waals surface area contributed by atoms with Crippen molar-refractivity contribution in [2.45, 2.75) is 12.3 Å². The van der Waals surface area contributed by atoms with Crippen molar-refractivity contribution in [2.24, 2.45) is 0 Å². The van der Waals surface area contributed by atoms with Crippen LogP contribution in [0.5, 0.6) is 0 Å². The van der Waals surface area contributed by atoms with Gasteiger partial charge in [0.05, 0.1) is 5.56 Å². The second-order valence-electron chi connectivity index (χ2n) is 4.19. The van der Waals surface area contributed by atoms with Crippen LogP contribution in [0.25, 0.3) is 0 Å². The van der Waals surface area contributed by atoms with E-state index in [4.69, 9.17) is 11.6 Å². The highest BCUT2D eigenvalue weighted by atomic mass is 35.5. The topological polar surface area (TPSA) is 20.2 Å². The fourth-order valence-corrected chi connectivity index (χ4v) is 2.14. The summed E-state index contributed by atoms with van der Waals surface area (Å²) in [7, 11) is 0. The van der Waals surface area contributed by atoms with Gasteiger partial charge in [-0.3, -0.25) is 0 Å². The SMILES string of the molecule is OC(c1cc(F)cc(Cl)c1)c1ccccc1C(F)(F)F. The Morgan fingerprint density at radius 1 is 1.05 bits per heavy atom. The van der Waals surface area contributed by atoms with E-state index in [0.29, 0.717) is 0 Å². The normalized spacial score (nSPS) is 13.3. The van der Waals surface area contributed by atoms with Crippen LogP contribution in [0.1, 0.15) is 22.8 Å². The van der Waals surface area contributed by atoms with E-state index < -0.39 is 23.7 Å². The van der Waals surface area contributed by atoms with Crippen LogP contribution >= 0.6 is 11.6 Å². The molecule has 0 fully saturated rings. The molecule has 6 heteroatoms. The Hall–Kier alpha value is -1.59. The zero-order valence-electron chi connectivity index (χ0n) is 9.96. The van der Waals surface area contributed by atoms with E-state index in [1.807, 2.05) is 0 Å². The molecular weight excluding hydrogens is 296 g/mol. The van der Waals surface area contributed by atoms with Crippen LogP contribution in [0.3, 0.4) is 0 Å². The van der Waals surface area contributed by atoms with E-state index in [0.717, 1.165) is 24.3 Å². The Bertz CT molecular complexity index is 605. The van der Waals surface area contributed by atoms with E-state index in [9.17, 15) is 22.7 Å². The van der Waals surface area contributed by atoms with Crippen LogP contribution < -0.4 is 0 Å². The Balaban J connectivity index is 2.51. The second-order valence-corrected chi connectivity index (χ2v) is 4.63. The molecule has 0 aromatic heterocycles. The highest BCUT2D eigenvalue weighted by Gasteiger charge is 2.35. The third kappa shape index (κ3) is 3.11. The van der Waals surface area contributed by atoms with Crippen LogP contribution in [-0.4, -0.2) is 5.11 Å². The van der Waals surface area contributed by atoms with Crippen LogP contribution in [0.4, 0.5) is 17.6 Å². The van der Waals surface area contributed by atoms with E-state index in [1.165, 1.54) is 18.2 Å². The monoisotopic (exact) mass is 304 g/mol. The smallest absolute Gasteiger partial charge is 0.384 e. The average Bonchev–Trinajstić information content (AvgIpc) is 2.35. The van der Waals surface area contributed by atoms with Gasteiger partial charge in [-0.05, 0) is 35.4 Å². The molecular formula is C14H9ClF4O. The standard InChI is InChI=1S/C14H9ClF4O/c15-9-5-8(6-10(16)7-9)13(20)11-3-1-2-4-12(11)14(17,18)19/h1-7,13,20H. The summed E-state index contributed by atoms with van der Waals surface area (Å²) in [4.78, 5) is 0. The van der Waals surface area contributed by atoms with Gasteiger partial charge < -0.3 is 5.11 Å². The van der Waals surface area contributed by atoms with Crippen molar-refractivity contribution in [2.75, 3.05) is 0 Å². The van der Waals surface area contributed by atoms with Crippen LogP contribution in [-0.2, 0) is 6.18 Å². The summed E-state index contributed by atoms with van der Waals surface area (Å²) in [5.41, 5.74) is -1.35. The molecule has 0 amide bonds. The Kier molecular flexibility index (Phi) is 4.01. The predicted octanol–water partition coefficient (Wildman–Crippen LogP) is 4.58. The van der Waals surface area contributed by atoms with Crippen LogP contribution in [0.2, 0.25) is 5.02 Å². The highest BCUT2D eigenvalue weighted by Crippen LogP contribution is 2.36. The molecule has 0 aliphatic heterocycles. The summed E-state index contributed by atoms with van der Waals surface area (Å²) < 4.78 is 51.8. The van der Waals surface area contributed by atoms with Crippen LogP contribution in [0.15, 0.2) is 42.5 Å². The zero-order chi connectivity index (χ0) is 14.9. The van der Waals surface area contributed by atoms with Crippen molar-refractivity contribution in [1.82, 2.24) is 0 Å². The van der Waals surface area contributed by atoms with Crippen molar-refractivity contribution in [1.29, 1.82) is 0 Å². The van der Waals surface area contributed by atoms with Crippen molar-refractivity contribution in [3.8, 4) is 0 Å². The molecule has 1 N–H and O–H groups in total. The minimum Gasteiger partial charge on any atom is -0.384 e. The first-order valence-corrected chi connectivity index (χ1v) is 5.97. The minimum absolute atomic E-state index is 0.00328. The van der Waals surface area contributed by atoms with E-state index in [2.05, 4.69) is 0 Å². The Morgan fingerprint density at radius 3 is 2.30 bits per heavy atom. The number of aliphatic hydroxyl groups is 1. The minimum atomic E-state index is -4.60. The number of halogens is 5. The molecule has 0 saturated heterocycles. The molecule has 0 heterocycles. The summed E-state index contributed by atoms with van der Waals surface area (Å²) in [6, 6.07) is 7.78. The molecule has 0 radical (unpaired) electrons. The molecule has 20 heavy (non-hydrogen) atoms. The maximum absolute atomic E-state index is 13.2. The lowest BCUT2D eigenvalue weighted by molar-refractivity contribution is -0.139. The van der Waals surface area contributed by atoms with Gasteiger partial charge in [0.15, 0.2) is 0 Å². The first kappa shape index (κ1) is 14.8. The molecule has 0 saturated carbocycles. The van der Waals surface area contributed by atoms with Crippen molar-refractivity contribution in [3.63, 3.8) is 0 Å². The first-order chi connectivity index (χ1) is 9.29. The summed E-state index contributed by atoms with van der Waals surface area (Å²) >= 11 is 5.64. The van der Waals surface area contributed by atoms with E-state index in [1.54, 1.807) is 0 Å². The second kappa shape index (κ2) is 5.42. The first-order valence-electron chi connectivity index (χ1n) is 5.59. The van der Waals surface area contributed by atoms with Gasteiger partial charge in [0.25, 0.3) is 0 Å². The van der Waals surface area contributed by atoms with Gasteiger partial charge in [-0.2, -0.15) is 13.2 Å². The van der Waals surface area contributed by atoms with Gasteiger partial charge >= 0.3 is 6.18 Å². The molecule has 0 aliphatic carbocycles. The van der Waals surface area contributed by atoms with Crippen molar-refractivity contribution in [3.05, 3.63) is 70.0 Å². The lowest BCUT2D eigenvalue weighted by Crippen LogP contribution is -2.12. The lowest BCUT2D eigenvalue weighted by Gasteiger charge is -2.18. The number of hydrogen-bond acceptors (Lipinski definition) is 1. The number of hydrogen-bond donors (Lipinski definition) is 1. The molecule has 0 bridgehead atoms. The average molecular weight is 305 g/mol. The number of rotatable bonds is 2. The summed E-state index contributed by atoms with van der Waals surface area (Å²) in [5, 5.41) is 10.1. The summed E-state index contributed by atoms with van der Waals surface area (Å²) in [5.74, 6) is -0.726. The van der Waals surface area contributed by atoms with Gasteiger partial charge in [0, 0.05) is 5.02 Å². The molecule has 0 spiro atoms. The molecule has 1 atom stereocenters. The molecule has 1 nitrogen and oxygen atoms in total. The predicted molar refractivity (Wildman–Crippen MR) is 66.9 cm³/mol. The van der Waals surface area contributed by atoms with Gasteiger partial charge in [-0.25, -0.2) is 4.39 Å². The molecule has 2 rings (SSSR count). The van der Waals surface area contributed by atoms with Gasteiger partial charge in [-0.1, -0.05) is 29.8 Å². The number of benzene rings is 2. The number of alkyl halides is 3. The summed E-state index contributed by atoms with van der Waals surface area (Å²) in [6.45, 7) is 0. The van der Waals surface area contributed by atoms with E-state index in [-0.39, 0.29) is 16.1 Å². The maximum atomic E-state index is 13.2. The molecule has 2 aromatic carbocycles. The van der Waals surface area contributed by atoms with Gasteiger partial charge in [-0.15, -0.1) is 0 Å². The fourth-order valence-electron chi connectivity index (χ4n) is 1.91. The summed E-state index contributed by atoms with van der Waals surface area (Å²) in [6.07, 6.45) is -6.21. The van der Waals surface area contributed by atoms with E-state index >= 15 is 0 Å². The van der Waals surface area contributed by atoms with Crippen LogP contribution in [0, 0.1) is 5.82 Å². The lowest BCUT2D eigenvalue weighted by atomic mass is 9.96. The Labute approximate surface area is 117 Å². The molecule has 0 aliphatic rings. The molecule has 1 unspecified atom stereocenters. The van der Waals surface area contributed by atoms with Gasteiger partial charge in [0.1, 0.15) is 11.9 Å². The Morgan fingerprint density at radius 2 is 1.70 bits per heavy atom. The highest BCUT2D eigenvalue weighted by molar-refractivity contribution is 6.30.